The molecule has 0 aromatic carbocycles. The van der Waals surface area contributed by atoms with E-state index >= 15 is 0 Å². The van der Waals surface area contributed by atoms with Crippen molar-refractivity contribution in [1.29, 1.82) is 0 Å². The molecule has 1 aliphatic heterocycles. The van der Waals surface area contributed by atoms with Gasteiger partial charge in [-0.05, 0) is 25.0 Å². The number of aldehydes is 1. The number of carbonyl (C=O) groups excluding carboxylic acids is 1. The molecule has 1 heterocycles. The average molecular weight is 167 g/mol. The molecule has 0 aromatic heterocycles. The van der Waals surface area contributed by atoms with Gasteiger partial charge in [-0.25, -0.2) is 0 Å². The highest BCUT2D eigenvalue weighted by molar-refractivity contribution is 5.82. The molecule has 66 valence electrons. The molecule has 0 atom stereocenters. The molecule has 0 unspecified atom stereocenters. The van der Waals surface area contributed by atoms with Gasteiger partial charge in [0.2, 0.25) is 0 Å². The van der Waals surface area contributed by atoms with Crippen molar-refractivity contribution in [3.63, 3.8) is 0 Å². The second kappa shape index (κ2) is 3.54. The van der Waals surface area contributed by atoms with Crippen LogP contribution in [0.2, 0.25) is 0 Å². The smallest absolute Gasteiger partial charge is 0.152 e. The lowest BCUT2D eigenvalue weighted by atomic mass is 9.98. The Labute approximate surface area is 71.8 Å². The summed E-state index contributed by atoms with van der Waals surface area (Å²) in [7, 11) is 0. The second-order valence-corrected chi connectivity index (χ2v) is 2.90. The molecule has 0 spiro atoms. The van der Waals surface area contributed by atoms with Crippen LogP contribution >= 0.6 is 0 Å². The fourth-order valence-corrected chi connectivity index (χ4v) is 1.29. The van der Waals surface area contributed by atoms with Gasteiger partial charge in [0.15, 0.2) is 6.29 Å². The van der Waals surface area contributed by atoms with Gasteiger partial charge >= 0.3 is 0 Å². The van der Waals surface area contributed by atoms with E-state index in [9.17, 15) is 4.79 Å². The summed E-state index contributed by atoms with van der Waals surface area (Å²) in [5.74, 6) is 0. The Hall–Kier alpha value is -1.09. The molecular weight excluding hydrogens is 154 g/mol. The molecule has 0 bridgehead atoms. The van der Waals surface area contributed by atoms with Crippen molar-refractivity contribution >= 4 is 6.29 Å². The van der Waals surface area contributed by atoms with Crippen LogP contribution in [0.3, 0.4) is 0 Å². The first kappa shape index (κ1) is 9.00. The van der Waals surface area contributed by atoms with Crippen molar-refractivity contribution in [2.75, 3.05) is 13.2 Å². The molecule has 1 rings (SSSR count). The zero-order valence-corrected chi connectivity index (χ0v) is 7.35. The van der Waals surface area contributed by atoms with E-state index in [4.69, 9.17) is 5.11 Å². The number of hydrogen-bond acceptors (Lipinski definition) is 3. The molecule has 0 aromatic rings. The number of hydrogen-bond donors (Lipinski definition) is 2. The van der Waals surface area contributed by atoms with E-state index in [1.165, 1.54) is 0 Å². The lowest BCUT2D eigenvalue weighted by Gasteiger charge is -2.20. The number of aliphatic hydroxyl groups excluding tert-OH is 1. The zero-order chi connectivity index (χ0) is 9.14. The molecule has 12 heavy (non-hydrogen) atoms. The maximum Gasteiger partial charge on any atom is 0.152 e. The van der Waals surface area contributed by atoms with Crippen LogP contribution in [-0.2, 0) is 4.79 Å². The van der Waals surface area contributed by atoms with E-state index < -0.39 is 0 Å². The summed E-state index contributed by atoms with van der Waals surface area (Å²) in [5.41, 5.74) is 3.36. The van der Waals surface area contributed by atoms with Crippen molar-refractivity contribution in [2.45, 2.75) is 13.8 Å². The lowest BCUT2D eigenvalue weighted by Crippen LogP contribution is -2.24. The van der Waals surface area contributed by atoms with Crippen molar-refractivity contribution in [1.82, 2.24) is 5.32 Å². The van der Waals surface area contributed by atoms with E-state index in [0.717, 1.165) is 23.1 Å². The van der Waals surface area contributed by atoms with Gasteiger partial charge in [-0.2, -0.15) is 0 Å². The number of dihydropyridines is 1. The molecule has 0 fully saturated rings. The number of aliphatic hydroxyl groups is 1. The minimum Gasteiger partial charge on any atom is -0.392 e. The van der Waals surface area contributed by atoms with E-state index in [1.54, 1.807) is 0 Å². The van der Waals surface area contributed by atoms with Gasteiger partial charge in [-0.15, -0.1) is 0 Å². The van der Waals surface area contributed by atoms with Crippen molar-refractivity contribution < 1.29 is 9.90 Å². The van der Waals surface area contributed by atoms with Crippen LogP contribution in [0.1, 0.15) is 13.8 Å². The second-order valence-electron chi connectivity index (χ2n) is 2.90. The van der Waals surface area contributed by atoms with Gasteiger partial charge in [-0.1, -0.05) is 0 Å². The zero-order valence-electron chi connectivity index (χ0n) is 7.35. The molecule has 3 heteroatoms. The Bertz CT molecular complexity index is 264. The minimum atomic E-state index is 0.0173. The summed E-state index contributed by atoms with van der Waals surface area (Å²) in [4.78, 5) is 10.6. The van der Waals surface area contributed by atoms with Crippen LogP contribution in [0.4, 0.5) is 0 Å². The molecule has 0 amide bonds. The van der Waals surface area contributed by atoms with E-state index in [0.29, 0.717) is 12.1 Å². The predicted octanol–water partition coefficient (Wildman–Crippen LogP) is 0.371. The van der Waals surface area contributed by atoms with Crippen LogP contribution in [-0.4, -0.2) is 24.5 Å². The average Bonchev–Trinajstić information content (AvgIpc) is 2.06. The van der Waals surface area contributed by atoms with Gasteiger partial charge in [0.25, 0.3) is 0 Å². The number of allylic oxidation sites excluding steroid dienone is 3. The fourth-order valence-electron chi connectivity index (χ4n) is 1.29. The maximum absolute atomic E-state index is 10.6. The Balaban J connectivity index is 3.07. The molecule has 3 nitrogen and oxygen atoms in total. The minimum absolute atomic E-state index is 0.0173. The quantitative estimate of drug-likeness (QED) is 0.584. The van der Waals surface area contributed by atoms with E-state index in [1.807, 2.05) is 13.8 Å². The highest BCUT2D eigenvalue weighted by atomic mass is 16.3. The monoisotopic (exact) mass is 167 g/mol. The number of nitrogens with one attached hydrogen (secondary N) is 1. The SMILES string of the molecule is CC1=C(C=O)C(C)=C(CO)CN1. The predicted molar refractivity (Wildman–Crippen MR) is 46.6 cm³/mol. The third kappa shape index (κ3) is 1.41. The van der Waals surface area contributed by atoms with Gasteiger partial charge in [0, 0.05) is 17.8 Å². The largest absolute Gasteiger partial charge is 0.392 e. The normalized spacial score (nSPS) is 17.9. The Morgan fingerprint density at radius 1 is 1.58 bits per heavy atom. The Morgan fingerprint density at radius 2 is 2.25 bits per heavy atom. The van der Waals surface area contributed by atoms with Crippen molar-refractivity contribution in [2.24, 2.45) is 0 Å². The Kier molecular flexibility index (Phi) is 2.65. The summed E-state index contributed by atoms with van der Waals surface area (Å²) in [6.07, 6.45) is 0.826. The maximum atomic E-state index is 10.6. The number of carbonyl (C=O) groups is 1. The van der Waals surface area contributed by atoms with E-state index in [-0.39, 0.29) is 6.61 Å². The summed E-state index contributed by atoms with van der Waals surface area (Å²) in [6.45, 7) is 4.38. The third-order valence-corrected chi connectivity index (χ3v) is 2.21. The van der Waals surface area contributed by atoms with Crippen LogP contribution in [0.25, 0.3) is 0 Å². The highest BCUT2D eigenvalue weighted by Crippen LogP contribution is 2.18. The standard InChI is InChI=1S/C9H13NO2/c1-6-8(4-11)3-10-7(2)9(6)5-12/h5,10-11H,3-4H2,1-2H3. The summed E-state index contributed by atoms with van der Waals surface area (Å²) in [6, 6.07) is 0. The number of rotatable bonds is 2. The first-order valence-electron chi connectivity index (χ1n) is 3.90. The summed E-state index contributed by atoms with van der Waals surface area (Å²) in [5, 5.41) is 12.0. The van der Waals surface area contributed by atoms with Gasteiger partial charge < -0.3 is 10.4 Å². The molecule has 0 aliphatic carbocycles. The van der Waals surface area contributed by atoms with Gasteiger partial charge in [0.05, 0.1) is 6.61 Å². The molecule has 2 N–H and O–H groups in total. The van der Waals surface area contributed by atoms with E-state index in [2.05, 4.69) is 5.32 Å². The van der Waals surface area contributed by atoms with Gasteiger partial charge in [-0.3, -0.25) is 4.79 Å². The van der Waals surface area contributed by atoms with Crippen LogP contribution in [0, 0.1) is 0 Å². The van der Waals surface area contributed by atoms with Crippen molar-refractivity contribution in [3.05, 3.63) is 22.4 Å². The lowest BCUT2D eigenvalue weighted by molar-refractivity contribution is -0.104. The molecule has 0 saturated carbocycles. The topological polar surface area (TPSA) is 49.3 Å². The summed E-state index contributed by atoms with van der Waals surface area (Å²) < 4.78 is 0. The third-order valence-electron chi connectivity index (χ3n) is 2.21. The molecule has 0 saturated heterocycles. The molecule has 0 radical (unpaired) electrons. The Morgan fingerprint density at radius 3 is 2.75 bits per heavy atom. The van der Waals surface area contributed by atoms with Crippen LogP contribution in [0.15, 0.2) is 22.4 Å². The first-order valence-corrected chi connectivity index (χ1v) is 3.90. The van der Waals surface area contributed by atoms with Crippen molar-refractivity contribution in [3.8, 4) is 0 Å². The summed E-state index contributed by atoms with van der Waals surface area (Å²) >= 11 is 0. The molecule has 1 aliphatic rings. The highest BCUT2D eigenvalue weighted by Gasteiger charge is 2.14. The van der Waals surface area contributed by atoms with Crippen LogP contribution < -0.4 is 5.32 Å². The van der Waals surface area contributed by atoms with Crippen LogP contribution in [0.5, 0.6) is 0 Å². The first-order chi connectivity index (χ1) is 5.70. The molecular formula is C9H13NO2. The fraction of sp³-hybridized carbons (Fsp3) is 0.444. The van der Waals surface area contributed by atoms with Gasteiger partial charge in [0.1, 0.15) is 0 Å².